The molecule has 5 rings (SSSR count). The van der Waals surface area contributed by atoms with Crippen molar-refractivity contribution >= 4 is 21.2 Å². The summed E-state index contributed by atoms with van der Waals surface area (Å²) in [5.41, 5.74) is 3.55. The third kappa shape index (κ3) is 3.55. The molecule has 0 spiro atoms. The monoisotopic (exact) mass is 436 g/mol. The van der Waals surface area contributed by atoms with Crippen LogP contribution in [-0.4, -0.2) is 40.3 Å². The van der Waals surface area contributed by atoms with Gasteiger partial charge in [0.25, 0.3) is 0 Å². The molecule has 1 aliphatic heterocycles. The maximum Gasteiger partial charge on any atom is 0.243 e. The molecule has 160 valence electrons. The van der Waals surface area contributed by atoms with E-state index in [0.29, 0.717) is 24.4 Å². The number of rotatable bonds is 6. The zero-order chi connectivity index (χ0) is 21.4. The van der Waals surface area contributed by atoms with E-state index in [9.17, 15) is 8.42 Å². The SMILES string of the molecule is CCCc1ccc(S(=O)(=O)N2CC[C@H](n3c(-c4ccoc4)nc4cccnc43)C2)cc1. The summed E-state index contributed by atoms with van der Waals surface area (Å²) >= 11 is 0. The molecule has 0 aliphatic carbocycles. The highest BCUT2D eigenvalue weighted by molar-refractivity contribution is 7.89. The first kappa shape index (κ1) is 20.0. The number of fused-ring (bicyclic) bond motifs is 1. The molecule has 0 radical (unpaired) electrons. The second-order valence-electron chi connectivity index (χ2n) is 7.86. The van der Waals surface area contributed by atoms with Crippen molar-refractivity contribution in [2.75, 3.05) is 13.1 Å². The Morgan fingerprint density at radius 1 is 1.16 bits per heavy atom. The van der Waals surface area contributed by atoms with E-state index in [1.54, 1.807) is 35.2 Å². The average molecular weight is 437 g/mol. The van der Waals surface area contributed by atoms with Crippen LogP contribution in [0.3, 0.4) is 0 Å². The summed E-state index contributed by atoms with van der Waals surface area (Å²) in [6.07, 6.45) is 7.68. The first-order chi connectivity index (χ1) is 15.1. The van der Waals surface area contributed by atoms with E-state index in [0.717, 1.165) is 41.0 Å². The molecular formula is C23H24N4O3S. The van der Waals surface area contributed by atoms with Gasteiger partial charge in [-0.15, -0.1) is 0 Å². The van der Waals surface area contributed by atoms with E-state index in [4.69, 9.17) is 9.40 Å². The van der Waals surface area contributed by atoms with Gasteiger partial charge in [0.2, 0.25) is 10.0 Å². The van der Waals surface area contributed by atoms with Crippen LogP contribution in [0.15, 0.2) is 70.5 Å². The van der Waals surface area contributed by atoms with Gasteiger partial charge in [-0.2, -0.15) is 4.31 Å². The molecule has 0 N–H and O–H groups in total. The van der Waals surface area contributed by atoms with Crippen molar-refractivity contribution in [2.45, 2.75) is 37.1 Å². The van der Waals surface area contributed by atoms with E-state index >= 15 is 0 Å². The van der Waals surface area contributed by atoms with Crippen LogP contribution in [0.1, 0.15) is 31.4 Å². The highest BCUT2D eigenvalue weighted by Crippen LogP contribution is 2.34. The quantitative estimate of drug-likeness (QED) is 0.451. The van der Waals surface area contributed by atoms with Crippen LogP contribution in [0.2, 0.25) is 0 Å². The van der Waals surface area contributed by atoms with Crippen LogP contribution in [0.25, 0.3) is 22.6 Å². The van der Waals surface area contributed by atoms with Gasteiger partial charge in [-0.05, 0) is 48.7 Å². The highest BCUT2D eigenvalue weighted by Gasteiger charge is 2.35. The molecule has 1 fully saturated rings. The Labute approximate surface area is 181 Å². The molecule has 7 nitrogen and oxygen atoms in total. The largest absolute Gasteiger partial charge is 0.472 e. The lowest BCUT2D eigenvalue weighted by molar-refractivity contribution is 0.455. The van der Waals surface area contributed by atoms with Crippen molar-refractivity contribution in [3.05, 3.63) is 66.8 Å². The molecule has 8 heteroatoms. The number of furan rings is 1. The number of nitrogens with zero attached hydrogens (tertiary/aromatic N) is 4. The molecule has 4 heterocycles. The van der Waals surface area contributed by atoms with Crippen LogP contribution in [-0.2, 0) is 16.4 Å². The maximum atomic E-state index is 13.3. The predicted molar refractivity (Wildman–Crippen MR) is 118 cm³/mol. The fourth-order valence-electron chi connectivity index (χ4n) is 4.28. The first-order valence-corrected chi connectivity index (χ1v) is 12.0. The second kappa shape index (κ2) is 7.94. The zero-order valence-corrected chi connectivity index (χ0v) is 18.1. The smallest absolute Gasteiger partial charge is 0.243 e. The fourth-order valence-corrected chi connectivity index (χ4v) is 5.77. The Hall–Kier alpha value is -2.97. The van der Waals surface area contributed by atoms with E-state index in [1.165, 1.54) is 0 Å². The van der Waals surface area contributed by atoms with Crippen molar-refractivity contribution in [1.29, 1.82) is 0 Å². The van der Waals surface area contributed by atoms with Crippen LogP contribution in [0, 0.1) is 0 Å². The Kier molecular flexibility index (Phi) is 5.11. The van der Waals surface area contributed by atoms with E-state index in [2.05, 4.69) is 16.5 Å². The second-order valence-corrected chi connectivity index (χ2v) is 9.80. The van der Waals surface area contributed by atoms with Crippen LogP contribution in [0.4, 0.5) is 0 Å². The number of sulfonamides is 1. The molecular weight excluding hydrogens is 412 g/mol. The summed E-state index contributed by atoms with van der Waals surface area (Å²) in [7, 11) is -3.55. The topological polar surface area (TPSA) is 81.2 Å². The number of pyridine rings is 1. The number of hydrogen-bond acceptors (Lipinski definition) is 5. The number of benzene rings is 1. The standard InChI is InChI=1S/C23H24N4O3S/c1-2-4-17-6-8-20(9-7-17)31(28,29)26-13-10-19(15-26)27-22(18-11-14-30-16-18)25-21-5-3-12-24-23(21)27/h3,5-9,11-12,14,16,19H,2,4,10,13,15H2,1H3/t19-/m0/s1. The van der Waals surface area contributed by atoms with Crippen molar-refractivity contribution < 1.29 is 12.8 Å². The molecule has 1 saturated heterocycles. The lowest BCUT2D eigenvalue weighted by atomic mass is 10.1. The van der Waals surface area contributed by atoms with Gasteiger partial charge >= 0.3 is 0 Å². The van der Waals surface area contributed by atoms with Gasteiger partial charge < -0.3 is 8.98 Å². The molecule has 1 aliphatic rings. The Bertz CT molecular complexity index is 1290. The molecule has 0 amide bonds. The summed E-state index contributed by atoms with van der Waals surface area (Å²) in [4.78, 5) is 9.62. The van der Waals surface area contributed by atoms with Crippen LogP contribution in [0.5, 0.6) is 0 Å². The van der Waals surface area contributed by atoms with Gasteiger partial charge in [0, 0.05) is 19.3 Å². The number of aryl methyl sites for hydroxylation is 1. The molecule has 1 atom stereocenters. The van der Waals surface area contributed by atoms with E-state index < -0.39 is 10.0 Å². The van der Waals surface area contributed by atoms with Crippen LogP contribution >= 0.6 is 0 Å². The number of hydrogen-bond donors (Lipinski definition) is 0. The summed E-state index contributed by atoms with van der Waals surface area (Å²) in [5.74, 6) is 0.746. The summed E-state index contributed by atoms with van der Waals surface area (Å²) in [6.45, 7) is 2.95. The normalized spacial score (nSPS) is 17.5. The van der Waals surface area contributed by atoms with Gasteiger partial charge in [0.1, 0.15) is 17.6 Å². The summed E-state index contributed by atoms with van der Waals surface area (Å²) < 4.78 is 35.4. The number of aromatic nitrogens is 3. The van der Waals surface area contributed by atoms with Gasteiger partial charge in [-0.3, -0.25) is 0 Å². The minimum Gasteiger partial charge on any atom is -0.472 e. The summed E-state index contributed by atoms with van der Waals surface area (Å²) in [6, 6.07) is 12.8. The maximum absolute atomic E-state index is 13.3. The first-order valence-electron chi connectivity index (χ1n) is 10.5. The van der Waals surface area contributed by atoms with Crippen molar-refractivity contribution in [2.24, 2.45) is 0 Å². The Balaban J connectivity index is 1.47. The zero-order valence-electron chi connectivity index (χ0n) is 17.3. The Morgan fingerprint density at radius 2 is 2.00 bits per heavy atom. The van der Waals surface area contributed by atoms with Crippen molar-refractivity contribution in [3.63, 3.8) is 0 Å². The molecule has 4 aromatic rings. The minimum absolute atomic E-state index is 0.0565. The molecule has 0 bridgehead atoms. The summed E-state index contributed by atoms with van der Waals surface area (Å²) in [5, 5.41) is 0. The highest BCUT2D eigenvalue weighted by atomic mass is 32.2. The van der Waals surface area contributed by atoms with E-state index in [1.807, 2.05) is 30.3 Å². The fraction of sp³-hybridized carbons (Fsp3) is 0.304. The van der Waals surface area contributed by atoms with Crippen LogP contribution < -0.4 is 0 Å². The third-order valence-corrected chi connectivity index (χ3v) is 7.70. The van der Waals surface area contributed by atoms with Gasteiger partial charge in [0.05, 0.1) is 22.8 Å². The molecule has 1 aromatic carbocycles. The van der Waals surface area contributed by atoms with Gasteiger partial charge in [-0.1, -0.05) is 25.5 Å². The average Bonchev–Trinajstić information content (AvgIpc) is 3.52. The Morgan fingerprint density at radius 3 is 2.74 bits per heavy atom. The van der Waals surface area contributed by atoms with Crippen molar-refractivity contribution in [1.82, 2.24) is 18.8 Å². The number of imidazole rings is 1. The third-order valence-electron chi connectivity index (χ3n) is 5.82. The van der Waals surface area contributed by atoms with Crippen molar-refractivity contribution in [3.8, 4) is 11.4 Å². The van der Waals surface area contributed by atoms with Gasteiger partial charge in [0.15, 0.2) is 5.65 Å². The van der Waals surface area contributed by atoms with E-state index in [-0.39, 0.29) is 6.04 Å². The molecule has 3 aromatic heterocycles. The predicted octanol–water partition coefficient (Wildman–Crippen LogP) is 4.28. The minimum atomic E-state index is -3.55. The molecule has 31 heavy (non-hydrogen) atoms. The lowest BCUT2D eigenvalue weighted by Crippen LogP contribution is -2.29. The lowest BCUT2D eigenvalue weighted by Gasteiger charge is -2.18. The van der Waals surface area contributed by atoms with Gasteiger partial charge in [-0.25, -0.2) is 18.4 Å². The molecule has 0 saturated carbocycles. The molecule has 0 unspecified atom stereocenters.